The average Bonchev–Trinajstić information content (AvgIpc) is 3.07. The van der Waals surface area contributed by atoms with Crippen molar-refractivity contribution >= 4 is 11.8 Å². The molecule has 9 heteroatoms. The minimum absolute atomic E-state index is 0.114. The van der Waals surface area contributed by atoms with E-state index in [1.165, 1.54) is 43.5 Å². The van der Waals surface area contributed by atoms with Crippen LogP contribution in [0.25, 0.3) is 0 Å². The summed E-state index contributed by atoms with van der Waals surface area (Å²) >= 11 is 0. The summed E-state index contributed by atoms with van der Waals surface area (Å²) in [6, 6.07) is 22.5. The Morgan fingerprint density at radius 2 is 1.64 bits per heavy atom. The minimum atomic E-state index is -0.114. The molecule has 4 rings (SSSR count). The van der Waals surface area contributed by atoms with E-state index < -0.39 is 0 Å². The number of benzene rings is 2. The lowest BCUT2D eigenvalue weighted by molar-refractivity contribution is 0.220. The minimum Gasteiger partial charge on any atom is -0.497 e. The van der Waals surface area contributed by atoms with E-state index in [4.69, 9.17) is 9.47 Å². The number of methoxy groups -OCH3 is 1. The Kier molecular flexibility index (Phi) is 14.8. The SMILES string of the molecule is COc1ccc(CN(CCN(C)CCCCNC(=O)NCCCOc2cccc(CN3CCCCC3)c2)c2ccccn2)cc1. The number of rotatable bonds is 19. The number of ether oxygens (including phenoxy) is 2. The number of unbranched alkanes of at least 4 members (excludes halogenated alkanes) is 1. The molecule has 45 heavy (non-hydrogen) atoms. The largest absolute Gasteiger partial charge is 0.497 e. The zero-order valence-corrected chi connectivity index (χ0v) is 27.3. The van der Waals surface area contributed by atoms with Gasteiger partial charge in [0.25, 0.3) is 0 Å². The number of likely N-dealkylation sites (tertiary alicyclic amines) is 1. The van der Waals surface area contributed by atoms with Gasteiger partial charge in [-0.05, 0) is 106 Å². The molecule has 0 spiro atoms. The molecule has 244 valence electrons. The van der Waals surface area contributed by atoms with Crippen molar-refractivity contribution in [2.75, 3.05) is 71.5 Å². The Hall–Kier alpha value is -3.82. The van der Waals surface area contributed by atoms with Gasteiger partial charge in [0.1, 0.15) is 17.3 Å². The van der Waals surface area contributed by atoms with E-state index in [9.17, 15) is 4.79 Å². The number of likely N-dealkylation sites (N-methyl/N-ethyl adjacent to an activating group) is 1. The fourth-order valence-electron chi connectivity index (χ4n) is 5.51. The number of aromatic nitrogens is 1. The number of hydrogen-bond acceptors (Lipinski definition) is 7. The number of carbonyl (C=O) groups is 1. The van der Waals surface area contributed by atoms with Gasteiger partial charge in [0, 0.05) is 45.5 Å². The van der Waals surface area contributed by atoms with Crippen LogP contribution < -0.4 is 25.0 Å². The lowest BCUT2D eigenvalue weighted by Gasteiger charge is -2.27. The van der Waals surface area contributed by atoms with Gasteiger partial charge in [-0.1, -0.05) is 36.8 Å². The number of hydrogen-bond donors (Lipinski definition) is 2. The van der Waals surface area contributed by atoms with Crippen LogP contribution >= 0.6 is 0 Å². The van der Waals surface area contributed by atoms with Crippen LogP contribution in [0, 0.1) is 0 Å². The van der Waals surface area contributed by atoms with E-state index >= 15 is 0 Å². The van der Waals surface area contributed by atoms with E-state index in [2.05, 4.69) is 73.8 Å². The first kappa shape index (κ1) is 34.1. The van der Waals surface area contributed by atoms with Crippen molar-refractivity contribution in [3.05, 3.63) is 84.1 Å². The molecule has 2 amide bonds. The molecule has 1 saturated heterocycles. The molecule has 3 aromatic rings. The number of piperidine rings is 1. The van der Waals surface area contributed by atoms with Crippen molar-refractivity contribution in [1.29, 1.82) is 0 Å². The molecule has 0 unspecified atom stereocenters. The van der Waals surface area contributed by atoms with Gasteiger partial charge >= 0.3 is 6.03 Å². The van der Waals surface area contributed by atoms with Crippen LogP contribution in [0.5, 0.6) is 11.5 Å². The molecular weight excluding hydrogens is 564 g/mol. The summed E-state index contributed by atoms with van der Waals surface area (Å²) in [4.78, 5) is 24.0. The molecule has 1 aromatic heterocycles. The highest BCUT2D eigenvalue weighted by molar-refractivity contribution is 5.73. The quantitative estimate of drug-likeness (QED) is 0.171. The highest BCUT2D eigenvalue weighted by atomic mass is 16.5. The summed E-state index contributed by atoms with van der Waals surface area (Å²) in [5.41, 5.74) is 2.52. The summed E-state index contributed by atoms with van der Waals surface area (Å²) < 4.78 is 11.2. The summed E-state index contributed by atoms with van der Waals surface area (Å²) in [7, 11) is 3.84. The molecule has 2 heterocycles. The highest BCUT2D eigenvalue weighted by Crippen LogP contribution is 2.19. The van der Waals surface area contributed by atoms with Crippen molar-refractivity contribution in [1.82, 2.24) is 25.4 Å². The summed E-state index contributed by atoms with van der Waals surface area (Å²) in [6.45, 7) is 8.75. The number of nitrogens with one attached hydrogen (secondary N) is 2. The zero-order chi connectivity index (χ0) is 31.5. The topological polar surface area (TPSA) is 82.2 Å². The molecule has 9 nitrogen and oxygen atoms in total. The maximum absolute atomic E-state index is 12.2. The number of carbonyl (C=O) groups excluding carboxylic acids is 1. The van der Waals surface area contributed by atoms with Gasteiger partial charge in [-0.2, -0.15) is 0 Å². The van der Waals surface area contributed by atoms with Crippen molar-refractivity contribution < 1.29 is 14.3 Å². The smallest absolute Gasteiger partial charge is 0.314 e. The maximum Gasteiger partial charge on any atom is 0.314 e. The second-order valence-electron chi connectivity index (χ2n) is 11.8. The Morgan fingerprint density at radius 3 is 2.40 bits per heavy atom. The van der Waals surface area contributed by atoms with E-state index in [-0.39, 0.29) is 6.03 Å². The van der Waals surface area contributed by atoms with Gasteiger partial charge < -0.3 is 29.9 Å². The van der Waals surface area contributed by atoms with E-state index in [1.807, 2.05) is 36.5 Å². The molecule has 1 fully saturated rings. The Morgan fingerprint density at radius 1 is 0.844 bits per heavy atom. The number of amides is 2. The Labute approximate surface area is 269 Å². The molecule has 1 aliphatic rings. The lowest BCUT2D eigenvalue weighted by atomic mass is 10.1. The van der Waals surface area contributed by atoms with E-state index in [1.54, 1.807) is 7.11 Å². The molecule has 0 aliphatic carbocycles. The Bertz CT molecular complexity index is 1240. The van der Waals surface area contributed by atoms with Crippen molar-refractivity contribution in [3.8, 4) is 11.5 Å². The van der Waals surface area contributed by atoms with Crippen LogP contribution in [0.2, 0.25) is 0 Å². The maximum atomic E-state index is 12.2. The predicted octanol–water partition coefficient (Wildman–Crippen LogP) is 5.56. The molecule has 0 atom stereocenters. The van der Waals surface area contributed by atoms with Crippen LogP contribution in [0.3, 0.4) is 0 Å². The normalized spacial score (nSPS) is 13.4. The fourth-order valence-corrected chi connectivity index (χ4v) is 5.51. The molecule has 2 N–H and O–H groups in total. The van der Waals surface area contributed by atoms with Crippen LogP contribution in [0.4, 0.5) is 10.6 Å². The molecule has 2 aromatic carbocycles. The first-order valence-corrected chi connectivity index (χ1v) is 16.5. The Balaban J connectivity index is 1.04. The molecule has 0 radical (unpaired) electrons. The summed E-state index contributed by atoms with van der Waals surface area (Å²) in [5, 5.41) is 5.92. The monoisotopic (exact) mass is 616 g/mol. The zero-order valence-electron chi connectivity index (χ0n) is 27.3. The number of nitrogens with zero attached hydrogens (tertiary/aromatic N) is 4. The van der Waals surface area contributed by atoms with Gasteiger partial charge in [0.05, 0.1) is 13.7 Å². The third kappa shape index (κ3) is 13.0. The van der Waals surface area contributed by atoms with Crippen molar-refractivity contribution in [2.24, 2.45) is 0 Å². The van der Waals surface area contributed by atoms with Gasteiger partial charge in [0.2, 0.25) is 0 Å². The molecule has 0 saturated carbocycles. The third-order valence-corrected chi connectivity index (χ3v) is 8.14. The van der Waals surface area contributed by atoms with Gasteiger partial charge in [-0.25, -0.2) is 9.78 Å². The number of pyridine rings is 1. The first-order valence-electron chi connectivity index (χ1n) is 16.5. The second-order valence-corrected chi connectivity index (χ2v) is 11.8. The fraction of sp³-hybridized carbons (Fsp3) is 0.500. The molecular formula is C36H52N6O3. The van der Waals surface area contributed by atoms with Crippen LogP contribution in [-0.2, 0) is 13.1 Å². The third-order valence-electron chi connectivity index (χ3n) is 8.14. The molecule has 1 aliphatic heterocycles. The lowest BCUT2D eigenvalue weighted by Crippen LogP contribution is -2.37. The first-order chi connectivity index (χ1) is 22.1. The summed E-state index contributed by atoms with van der Waals surface area (Å²) in [6.07, 6.45) is 8.51. The summed E-state index contributed by atoms with van der Waals surface area (Å²) in [5.74, 6) is 2.74. The predicted molar refractivity (Wildman–Crippen MR) is 182 cm³/mol. The van der Waals surface area contributed by atoms with Gasteiger partial charge in [0.15, 0.2) is 0 Å². The standard InChI is InChI=1S/C36H52N6O3/c1-40(25-26-42(35-14-4-5-19-37-35)30-31-15-17-33(44-2)18-16-31)22-9-6-20-38-36(43)39-21-11-27-45-34-13-10-12-32(28-34)29-41-23-7-3-8-24-41/h4-5,10,12-19,28H,3,6-9,11,20-27,29-30H2,1-2H3,(H2,38,39,43). The number of anilines is 1. The van der Waals surface area contributed by atoms with E-state index in [0.717, 1.165) is 69.3 Å². The van der Waals surface area contributed by atoms with E-state index in [0.29, 0.717) is 19.7 Å². The van der Waals surface area contributed by atoms with Crippen LogP contribution in [-0.4, -0.2) is 87.4 Å². The number of urea groups is 1. The van der Waals surface area contributed by atoms with Crippen LogP contribution in [0.15, 0.2) is 72.9 Å². The second kappa shape index (κ2) is 19.5. The molecule has 0 bridgehead atoms. The van der Waals surface area contributed by atoms with Crippen molar-refractivity contribution in [2.45, 2.75) is 51.6 Å². The average molecular weight is 617 g/mol. The van der Waals surface area contributed by atoms with Crippen LogP contribution in [0.1, 0.15) is 49.7 Å². The highest BCUT2D eigenvalue weighted by Gasteiger charge is 2.12. The van der Waals surface area contributed by atoms with Gasteiger partial charge in [-0.3, -0.25) is 4.90 Å². The van der Waals surface area contributed by atoms with Gasteiger partial charge in [-0.15, -0.1) is 0 Å². The van der Waals surface area contributed by atoms with Crippen molar-refractivity contribution in [3.63, 3.8) is 0 Å².